The van der Waals surface area contributed by atoms with Gasteiger partial charge in [-0.1, -0.05) is 38.8 Å². The van der Waals surface area contributed by atoms with Gasteiger partial charge >= 0.3 is 29.6 Å². The molecule has 1 N–H and O–H groups in total. The van der Waals surface area contributed by atoms with Crippen LogP contribution in [-0.4, -0.2) is 17.8 Å². The molecule has 0 aliphatic carbocycles. The predicted molar refractivity (Wildman–Crippen MR) is 81.5 cm³/mol. The molecule has 0 radical (unpaired) electrons. The largest absolute Gasteiger partial charge is 1.00 e. The van der Waals surface area contributed by atoms with Crippen LogP contribution in [0, 0.1) is 5.92 Å². The maximum Gasteiger partial charge on any atom is 1.00 e. The minimum absolute atomic E-state index is 0. The summed E-state index contributed by atoms with van der Waals surface area (Å²) >= 11 is 0. The monoisotopic (exact) mass is 301 g/mol. The molecule has 1 atom stereocenters. The second-order valence-electron chi connectivity index (χ2n) is 4.78. The molecule has 1 rings (SSSR count). The molecule has 5 nitrogen and oxygen atoms in total. The summed E-state index contributed by atoms with van der Waals surface area (Å²) in [5, 5.41) is 9.35. The zero-order valence-electron chi connectivity index (χ0n) is 13.5. The van der Waals surface area contributed by atoms with Crippen molar-refractivity contribution in [2.24, 2.45) is 5.92 Å². The van der Waals surface area contributed by atoms with E-state index >= 15 is 0 Å². The Morgan fingerprint density at radius 1 is 1.24 bits per heavy atom. The third-order valence-electron chi connectivity index (χ3n) is 3.07. The number of benzene rings is 1. The molecule has 1 aromatic rings. The van der Waals surface area contributed by atoms with Gasteiger partial charge in [0.2, 0.25) is 0 Å². The van der Waals surface area contributed by atoms with E-state index in [0.29, 0.717) is 12.3 Å². The molecule has 112 valence electrons. The smallest absolute Gasteiger partial charge is 0.493 e. The molecule has 0 saturated heterocycles. The molecule has 1 aromatic carbocycles. The van der Waals surface area contributed by atoms with Gasteiger partial charge in [-0.05, 0) is 37.0 Å². The van der Waals surface area contributed by atoms with Gasteiger partial charge in [0, 0.05) is 0 Å². The number of hydrogen-bond donors (Lipinski definition) is 1. The Morgan fingerprint density at radius 3 is 2.29 bits per heavy atom. The Bertz CT molecular complexity index is 404. The summed E-state index contributed by atoms with van der Waals surface area (Å²) in [6.07, 6.45) is 2.69. The standard InChI is InChI=1S/C15H24O2.N3.Na/c1-4-13(5-2)11-17-15-8-6-7-14(10-15)9-12(3)16;1-3-2;/h6-8,10,12-13,16H,4-5,9,11H2,1-3H3;;/q;-1;+1. The van der Waals surface area contributed by atoms with Crippen molar-refractivity contribution >= 4 is 0 Å². The first-order valence-electron chi connectivity index (χ1n) is 6.95. The van der Waals surface area contributed by atoms with Crippen LogP contribution in [0.1, 0.15) is 39.2 Å². The number of ether oxygens (including phenoxy) is 1. The summed E-state index contributed by atoms with van der Waals surface area (Å²) in [5.41, 5.74) is 14.6. The number of nitrogens with zero attached hydrogens (tertiary/aromatic N) is 3. The quantitative estimate of drug-likeness (QED) is 0.356. The molecule has 6 heteroatoms. The zero-order chi connectivity index (χ0) is 15.4. The van der Waals surface area contributed by atoms with Crippen LogP contribution in [-0.2, 0) is 6.42 Å². The molecule has 0 aromatic heterocycles. The summed E-state index contributed by atoms with van der Waals surface area (Å²) in [5.74, 6) is 1.55. The second-order valence-corrected chi connectivity index (χ2v) is 4.78. The van der Waals surface area contributed by atoms with Crippen LogP contribution in [0.4, 0.5) is 0 Å². The van der Waals surface area contributed by atoms with E-state index in [1.54, 1.807) is 6.92 Å². The van der Waals surface area contributed by atoms with E-state index in [9.17, 15) is 5.11 Å². The Hall–Kier alpha value is -0.710. The van der Waals surface area contributed by atoms with Crippen molar-refractivity contribution in [2.75, 3.05) is 6.61 Å². The van der Waals surface area contributed by atoms with Crippen LogP contribution < -0.4 is 34.3 Å². The van der Waals surface area contributed by atoms with Crippen LogP contribution in [0.3, 0.4) is 0 Å². The summed E-state index contributed by atoms with van der Waals surface area (Å²) in [6, 6.07) is 8.01. The zero-order valence-corrected chi connectivity index (χ0v) is 15.5. The Balaban J connectivity index is 0. The van der Waals surface area contributed by atoms with Crippen molar-refractivity contribution in [2.45, 2.75) is 46.1 Å². The summed E-state index contributed by atoms with van der Waals surface area (Å²) < 4.78 is 5.79. The number of rotatable bonds is 7. The van der Waals surface area contributed by atoms with Gasteiger partial charge in [0.1, 0.15) is 5.75 Å². The van der Waals surface area contributed by atoms with Crippen molar-refractivity contribution < 1.29 is 39.4 Å². The van der Waals surface area contributed by atoms with Crippen molar-refractivity contribution in [3.05, 3.63) is 45.8 Å². The normalized spacial score (nSPS) is 10.7. The molecule has 0 fully saturated rings. The van der Waals surface area contributed by atoms with Gasteiger partial charge in [0.05, 0.1) is 12.7 Å². The van der Waals surface area contributed by atoms with E-state index < -0.39 is 0 Å². The molecule has 0 saturated carbocycles. The Kier molecular flexibility index (Phi) is 15.3. The van der Waals surface area contributed by atoms with Crippen molar-refractivity contribution in [1.82, 2.24) is 0 Å². The van der Waals surface area contributed by atoms with E-state index in [4.69, 9.17) is 15.8 Å². The molecule has 0 aliphatic heterocycles. The molecular weight excluding hydrogens is 277 g/mol. The molecule has 0 amide bonds. The van der Waals surface area contributed by atoms with E-state index in [-0.39, 0.29) is 35.7 Å². The minimum atomic E-state index is -0.302. The summed E-state index contributed by atoms with van der Waals surface area (Å²) in [7, 11) is 0. The molecule has 0 heterocycles. The van der Waals surface area contributed by atoms with Crippen LogP contribution in [0.2, 0.25) is 0 Å². The van der Waals surface area contributed by atoms with Gasteiger partial charge in [-0.2, -0.15) is 0 Å². The van der Waals surface area contributed by atoms with Crippen molar-refractivity contribution in [3.63, 3.8) is 0 Å². The van der Waals surface area contributed by atoms with E-state index in [1.807, 2.05) is 24.3 Å². The fourth-order valence-corrected chi connectivity index (χ4v) is 1.84. The Labute approximate surface area is 149 Å². The molecule has 21 heavy (non-hydrogen) atoms. The summed E-state index contributed by atoms with van der Waals surface area (Å²) in [4.78, 5) is 1.50. The molecule has 0 aliphatic rings. The minimum Gasteiger partial charge on any atom is -0.493 e. The third-order valence-corrected chi connectivity index (χ3v) is 3.07. The van der Waals surface area contributed by atoms with Gasteiger partial charge in [-0.15, -0.1) is 0 Å². The van der Waals surface area contributed by atoms with Gasteiger partial charge in [-0.25, -0.2) is 0 Å². The predicted octanol–water partition coefficient (Wildman–Crippen LogP) is 1.29. The van der Waals surface area contributed by atoms with Crippen molar-refractivity contribution in [3.8, 4) is 5.75 Å². The van der Waals surface area contributed by atoms with Crippen LogP contribution in [0.25, 0.3) is 16.0 Å². The van der Waals surface area contributed by atoms with Gasteiger partial charge in [0.15, 0.2) is 0 Å². The SMILES string of the molecule is CCC(CC)COc1cccc(CC(C)O)c1.[N-]=[N+]=[N-].[Na+]. The number of hydrogen-bond acceptors (Lipinski definition) is 2. The maximum atomic E-state index is 9.35. The first-order valence-corrected chi connectivity index (χ1v) is 6.95. The maximum absolute atomic E-state index is 9.35. The van der Waals surface area contributed by atoms with Gasteiger partial charge in [0.25, 0.3) is 0 Å². The number of aliphatic hydroxyl groups excluding tert-OH is 1. The Morgan fingerprint density at radius 2 is 1.81 bits per heavy atom. The third kappa shape index (κ3) is 11.6. The molecule has 0 bridgehead atoms. The van der Waals surface area contributed by atoms with Crippen LogP contribution in [0.5, 0.6) is 5.75 Å². The first kappa shape index (κ1) is 22.6. The molecule has 1 unspecified atom stereocenters. The second kappa shape index (κ2) is 14.2. The fraction of sp³-hybridized carbons (Fsp3) is 0.600. The van der Waals surface area contributed by atoms with Gasteiger partial charge in [-0.3, -0.25) is 4.91 Å². The number of aliphatic hydroxyl groups is 1. The van der Waals surface area contributed by atoms with E-state index in [1.165, 1.54) is 4.91 Å². The first-order chi connectivity index (χ1) is 9.57. The van der Waals surface area contributed by atoms with Crippen LogP contribution >= 0.6 is 0 Å². The van der Waals surface area contributed by atoms with E-state index in [2.05, 4.69) is 13.8 Å². The molecular formula is C15H24N3NaO2. The summed E-state index contributed by atoms with van der Waals surface area (Å²) in [6.45, 7) is 6.98. The van der Waals surface area contributed by atoms with Crippen molar-refractivity contribution in [1.29, 1.82) is 0 Å². The topological polar surface area (TPSA) is 88.2 Å². The van der Waals surface area contributed by atoms with Gasteiger partial charge < -0.3 is 20.9 Å². The average Bonchev–Trinajstić information content (AvgIpc) is 2.40. The molecule has 0 spiro atoms. The van der Waals surface area contributed by atoms with Crippen LogP contribution in [0.15, 0.2) is 24.3 Å². The average molecular weight is 301 g/mol. The fourth-order valence-electron chi connectivity index (χ4n) is 1.84. The van der Waals surface area contributed by atoms with E-state index in [0.717, 1.165) is 30.8 Å².